The van der Waals surface area contributed by atoms with E-state index in [4.69, 9.17) is 0 Å². The molecule has 116 valence electrons. The molecule has 2 rings (SSSR count). The second-order valence-corrected chi connectivity index (χ2v) is 6.11. The van der Waals surface area contributed by atoms with E-state index in [0.29, 0.717) is 18.6 Å². The molecule has 1 amide bonds. The second-order valence-electron chi connectivity index (χ2n) is 6.11. The lowest BCUT2D eigenvalue weighted by molar-refractivity contribution is 0.0956. The minimum atomic E-state index is -0.00391. The summed E-state index contributed by atoms with van der Waals surface area (Å²) in [7, 11) is 0. The van der Waals surface area contributed by atoms with Crippen molar-refractivity contribution in [2.75, 3.05) is 25.0 Å². The van der Waals surface area contributed by atoms with Crippen LogP contribution in [0.5, 0.6) is 0 Å². The monoisotopic (exact) mass is 289 g/mol. The second kappa shape index (κ2) is 6.94. The first-order valence-electron chi connectivity index (χ1n) is 7.90. The molecule has 0 aromatic heterocycles. The molecular weight excluding hydrogens is 262 g/mol. The third-order valence-corrected chi connectivity index (χ3v) is 4.15. The molecule has 4 heteroatoms. The Hall–Kier alpha value is -1.55. The molecule has 1 aromatic rings. The number of amides is 1. The summed E-state index contributed by atoms with van der Waals surface area (Å²) in [6, 6.07) is 6.94. The van der Waals surface area contributed by atoms with E-state index >= 15 is 0 Å². The maximum Gasteiger partial charge on any atom is 0.251 e. The number of nitrogens with zero attached hydrogens (tertiary/aromatic N) is 1. The fourth-order valence-electron chi connectivity index (χ4n) is 2.78. The maximum atomic E-state index is 11.9. The highest BCUT2D eigenvalue weighted by atomic mass is 16.1. The highest BCUT2D eigenvalue weighted by molar-refractivity contribution is 5.95. The summed E-state index contributed by atoms with van der Waals surface area (Å²) in [6.07, 6.45) is 1.16. The molecule has 1 aliphatic rings. The van der Waals surface area contributed by atoms with Crippen LogP contribution in [-0.2, 0) is 0 Å². The van der Waals surface area contributed by atoms with E-state index in [2.05, 4.69) is 36.3 Å². The Labute approximate surface area is 127 Å². The molecule has 0 saturated carbocycles. The number of carbonyl (C=O) groups is 1. The molecule has 1 fully saturated rings. The van der Waals surface area contributed by atoms with Crippen LogP contribution in [0.4, 0.5) is 5.69 Å². The van der Waals surface area contributed by atoms with Gasteiger partial charge in [-0.25, -0.2) is 0 Å². The number of benzene rings is 1. The Bertz CT molecular complexity index is 499. The van der Waals surface area contributed by atoms with Gasteiger partial charge in [0.15, 0.2) is 0 Å². The first-order valence-corrected chi connectivity index (χ1v) is 7.90. The predicted molar refractivity (Wildman–Crippen MR) is 87.9 cm³/mol. The number of likely N-dealkylation sites (tertiary alicyclic amines) is 1. The average molecular weight is 289 g/mol. The van der Waals surface area contributed by atoms with E-state index in [0.717, 1.165) is 30.8 Å². The Morgan fingerprint density at radius 1 is 1.43 bits per heavy atom. The van der Waals surface area contributed by atoms with Crippen LogP contribution >= 0.6 is 0 Å². The van der Waals surface area contributed by atoms with Crippen molar-refractivity contribution in [2.24, 2.45) is 0 Å². The largest absolute Gasteiger partial charge is 0.381 e. The van der Waals surface area contributed by atoms with Crippen LogP contribution in [0.2, 0.25) is 0 Å². The average Bonchev–Trinajstić information content (AvgIpc) is 2.90. The lowest BCUT2D eigenvalue weighted by Gasteiger charge is -2.21. The molecular formula is C17H27N3O. The van der Waals surface area contributed by atoms with Gasteiger partial charge in [0.25, 0.3) is 5.91 Å². The predicted octanol–water partition coefficient (Wildman–Crippen LogP) is 2.64. The van der Waals surface area contributed by atoms with Crippen LogP contribution in [0.15, 0.2) is 18.2 Å². The van der Waals surface area contributed by atoms with Crippen molar-refractivity contribution < 1.29 is 4.79 Å². The van der Waals surface area contributed by atoms with Crippen LogP contribution < -0.4 is 10.6 Å². The zero-order valence-corrected chi connectivity index (χ0v) is 13.6. The smallest absolute Gasteiger partial charge is 0.251 e. The molecule has 0 spiro atoms. The van der Waals surface area contributed by atoms with Crippen molar-refractivity contribution in [1.29, 1.82) is 0 Å². The molecule has 4 nitrogen and oxygen atoms in total. The first kappa shape index (κ1) is 15.8. The van der Waals surface area contributed by atoms with E-state index in [1.807, 2.05) is 25.1 Å². The van der Waals surface area contributed by atoms with Gasteiger partial charge in [0.2, 0.25) is 0 Å². The maximum absolute atomic E-state index is 11.9. The summed E-state index contributed by atoms with van der Waals surface area (Å²) in [5.74, 6) is -0.00391. The van der Waals surface area contributed by atoms with Gasteiger partial charge in [-0.1, -0.05) is 6.07 Å². The van der Waals surface area contributed by atoms with E-state index < -0.39 is 0 Å². The van der Waals surface area contributed by atoms with E-state index in [1.165, 1.54) is 5.56 Å². The third kappa shape index (κ3) is 3.97. The lowest BCUT2D eigenvalue weighted by atomic mass is 10.1. The number of aryl methyl sites for hydroxylation is 1. The Balaban J connectivity index is 2.06. The molecule has 1 aromatic carbocycles. The van der Waals surface area contributed by atoms with Crippen molar-refractivity contribution in [2.45, 2.75) is 46.2 Å². The molecule has 0 aliphatic carbocycles. The van der Waals surface area contributed by atoms with Crippen LogP contribution in [0.1, 0.15) is 43.1 Å². The first-order chi connectivity index (χ1) is 10.0. The fourth-order valence-corrected chi connectivity index (χ4v) is 2.78. The van der Waals surface area contributed by atoms with Crippen molar-refractivity contribution in [3.8, 4) is 0 Å². The molecule has 0 bridgehead atoms. The van der Waals surface area contributed by atoms with Gasteiger partial charge >= 0.3 is 0 Å². The van der Waals surface area contributed by atoms with Crippen molar-refractivity contribution >= 4 is 11.6 Å². The normalized spacial score (nSPS) is 19.0. The lowest BCUT2D eigenvalue weighted by Crippen LogP contribution is -2.31. The zero-order valence-electron chi connectivity index (χ0n) is 13.6. The summed E-state index contributed by atoms with van der Waals surface area (Å²) >= 11 is 0. The van der Waals surface area contributed by atoms with Crippen molar-refractivity contribution in [3.05, 3.63) is 29.3 Å². The summed E-state index contributed by atoms with van der Waals surface area (Å²) < 4.78 is 0. The highest BCUT2D eigenvalue weighted by Crippen LogP contribution is 2.22. The fraction of sp³-hybridized carbons (Fsp3) is 0.588. The third-order valence-electron chi connectivity index (χ3n) is 4.15. The van der Waals surface area contributed by atoms with Crippen LogP contribution in [0, 0.1) is 6.92 Å². The number of carbonyl (C=O) groups excluding carboxylic acids is 1. The van der Waals surface area contributed by atoms with E-state index in [9.17, 15) is 4.79 Å². The van der Waals surface area contributed by atoms with Gasteiger partial charge < -0.3 is 10.6 Å². The van der Waals surface area contributed by atoms with Gasteiger partial charge in [-0.05, 0) is 51.8 Å². The van der Waals surface area contributed by atoms with Gasteiger partial charge in [-0.15, -0.1) is 0 Å². The number of nitrogens with one attached hydrogen (secondary N) is 2. The molecule has 1 saturated heterocycles. The van der Waals surface area contributed by atoms with Gasteiger partial charge in [0.05, 0.1) is 0 Å². The zero-order chi connectivity index (χ0) is 15.4. The number of anilines is 1. The highest BCUT2D eigenvalue weighted by Gasteiger charge is 2.24. The SMILES string of the molecule is CCNC(=O)c1ccc(C)c(NC2CCN(C(C)C)C2)c1. The summed E-state index contributed by atoms with van der Waals surface area (Å²) in [6.45, 7) is 11.4. The number of rotatable bonds is 5. The number of hydrogen-bond donors (Lipinski definition) is 2. The summed E-state index contributed by atoms with van der Waals surface area (Å²) in [4.78, 5) is 14.4. The molecule has 1 unspecified atom stereocenters. The Morgan fingerprint density at radius 2 is 2.19 bits per heavy atom. The number of hydrogen-bond acceptors (Lipinski definition) is 3. The van der Waals surface area contributed by atoms with Gasteiger partial charge in [0.1, 0.15) is 0 Å². The molecule has 21 heavy (non-hydrogen) atoms. The summed E-state index contributed by atoms with van der Waals surface area (Å²) in [5, 5.41) is 6.46. The standard InChI is InChI=1S/C17H27N3O/c1-5-18-17(21)14-7-6-13(4)16(10-14)19-15-8-9-20(11-15)12(2)3/h6-7,10,12,15,19H,5,8-9,11H2,1-4H3,(H,18,21). The minimum Gasteiger partial charge on any atom is -0.381 e. The van der Waals surface area contributed by atoms with E-state index in [1.54, 1.807) is 0 Å². The molecule has 1 atom stereocenters. The Morgan fingerprint density at radius 3 is 2.81 bits per heavy atom. The van der Waals surface area contributed by atoms with Gasteiger partial charge in [-0.3, -0.25) is 9.69 Å². The minimum absolute atomic E-state index is 0.00391. The van der Waals surface area contributed by atoms with Gasteiger partial charge in [0, 0.05) is 43.0 Å². The molecule has 2 N–H and O–H groups in total. The summed E-state index contributed by atoms with van der Waals surface area (Å²) in [5.41, 5.74) is 2.99. The van der Waals surface area contributed by atoms with Crippen molar-refractivity contribution in [3.63, 3.8) is 0 Å². The van der Waals surface area contributed by atoms with Crippen LogP contribution in [0.3, 0.4) is 0 Å². The van der Waals surface area contributed by atoms with Crippen molar-refractivity contribution in [1.82, 2.24) is 10.2 Å². The van der Waals surface area contributed by atoms with Crippen LogP contribution in [-0.4, -0.2) is 42.5 Å². The van der Waals surface area contributed by atoms with Gasteiger partial charge in [-0.2, -0.15) is 0 Å². The van der Waals surface area contributed by atoms with E-state index in [-0.39, 0.29) is 5.91 Å². The Kier molecular flexibility index (Phi) is 5.23. The molecule has 1 heterocycles. The topological polar surface area (TPSA) is 44.4 Å². The quantitative estimate of drug-likeness (QED) is 0.876. The molecule has 1 aliphatic heterocycles. The van der Waals surface area contributed by atoms with Crippen LogP contribution in [0.25, 0.3) is 0 Å². The molecule has 0 radical (unpaired) electrons.